The quantitative estimate of drug-likeness (QED) is 0.231. The van der Waals surface area contributed by atoms with Crippen LogP contribution in [0.2, 0.25) is 0 Å². The normalized spacial score (nSPS) is 16.6. The maximum absolute atomic E-state index is 15.7. The predicted molar refractivity (Wildman–Crippen MR) is 140 cm³/mol. The molecule has 0 saturated carbocycles. The minimum absolute atomic E-state index is 0.0634. The first-order valence-electron chi connectivity index (χ1n) is 12.6. The SMILES string of the molecule is COc1ccc2ncc(CO)c([C@H](F)CCC3(CO)CCN(CCSc4c(F)cc(F)cc4F)CC3)c2c1. The molecule has 4 rings (SSSR count). The van der Waals surface area contributed by atoms with Crippen molar-refractivity contribution in [2.75, 3.05) is 39.1 Å². The van der Waals surface area contributed by atoms with Crippen LogP contribution in [-0.4, -0.2) is 59.2 Å². The van der Waals surface area contributed by atoms with Gasteiger partial charge in [0.15, 0.2) is 0 Å². The van der Waals surface area contributed by atoms with Crippen LogP contribution in [-0.2, 0) is 6.61 Å². The van der Waals surface area contributed by atoms with Crippen LogP contribution in [0.3, 0.4) is 0 Å². The molecular formula is C28H32F4N2O3S. The zero-order valence-electron chi connectivity index (χ0n) is 21.2. The Kier molecular flexibility index (Phi) is 9.51. The summed E-state index contributed by atoms with van der Waals surface area (Å²) in [6, 6.07) is 6.59. The fraction of sp³-hybridized carbons (Fsp3) is 0.464. The molecule has 1 atom stereocenters. The molecule has 2 aromatic carbocycles. The molecule has 0 aliphatic carbocycles. The summed E-state index contributed by atoms with van der Waals surface area (Å²) in [5, 5.41) is 20.7. The number of likely N-dealkylation sites (tertiary alicyclic amines) is 1. The van der Waals surface area contributed by atoms with Gasteiger partial charge in [-0.15, -0.1) is 11.8 Å². The van der Waals surface area contributed by atoms with Crippen molar-refractivity contribution in [3.05, 3.63) is 65.1 Å². The number of hydrogen-bond donors (Lipinski definition) is 2. The second-order valence-corrected chi connectivity index (χ2v) is 10.9. The van der Waals surface area contributed by atoms with E-state index in [-0.39, 0.29) is 24.5 Å². The lowest BCUT2D eigenvalue weighted by Gasteiger charge is -2.41. The third-order valence-electron chi connectivity index (χ3n) is 7.48. The van der Waals surface area contributed by atoms with Gasteiger partial charge >= 0.3 is 0 Å². The van der Waals surface area contributed by atoms with Crippen molar-refractivity contribution in [1.82, 2.24) is 9.88 Å². The molecule has 0 bridgehead atoms. The van der Waals surface area contributed by atoms with Crippen LogP contribution < -0.4 is 4.74 Å². The monoisotopic (exact) mass is 552 g/mol. The molecule has 3 aromatic rings. The van der Waals surface area contributed by atoms with E-state index in [2.05, 4.69) is 9.88 Å². The van der Waals surface area contributed by atoms with Crippen LogP contribution in [0.25, 0.3) is 10.9 Å². The van der Waals surface area contributed by atoms with Crippen molar-refractivity contribution >= 4 is 22.7 Å². The van der Waals surface area contributed by atoms with Crippen LogP contribution in [0.4, 0.5) is 17.6 Å². The molecule has 1 fully saturated rings. The van der Waals surface area contributed by atoms with E-state index in [1.807, 2.05) is 0 Å². The van der Waals surface area contributed by atoms with Crippen LogP contribution in [0.15, 0.2) is 41.4 Å². The summed E-state index contributed by atoms with van der Waals surface area (Å²) in [6.07, 6.45) is 2.13. The van der Waals surface area contributed by atoms with E-state index in [1.54, 1.807) is 18.2 Å². The van der Waals surface area contributed by atoms with Gasteiger partial charge in [-0.05, 0) is 62.4 Å². The number of methoxy groups -OCH3 is 1. The molecule has 0 spiro atoms. The first-order valence-corrected chi connectivity index (χ1v) is 13.6. The van der Waals surface area contributed by atoms with Crippen molar-refractivity contribution in [3.63, 3.8) is 0 Å². The Morgan fingerprint density at radius 3 is 2.45 bits per heavy atom. The molecule has 1 aliphatic rings. The number of fused-ring (bicyclic) bond motifs is 1. The summed E-state index contributed by atoms with van der Waals surface area (Å²) >= 11 is 1.01. The molecule has 1 aliphatic heterocycles. The van der Waals surface area contributed by atoms with Gasteiger partial charge in [0.2, 0.25) is 0 Å². The number of pyridine rings is 1. The van der Waals surface area contributed by atoms with Crippen molar-refractivity contribution in [2.45, 2.75) is 43.4 Å². The van der Waals surface area contributed by atoms with E-state index < -0.39 is 29.0 Å². The number of benzene rings is 2. The molecular weight excluding hydrogens is 520 g/mol. The van der Waals surface area contributed by atoms with Gasteiger partial charge in [0.25, 0.3) is 0 Å². The molecule has 0 unspecified atom stereocenters. The summed E-state index contributed by atoms with van der Waals surface area (Å²) in [4.78, 5) is 6.29. The summed E-state index contributed by atoms with van der Waals surface area (Å²) < 4.78 is 61.9. The minimum atomic E-state index is -1.35. The number of hydrogen-bond acceptors (Lipinski definition) is 6. The van der Waals surface area contributed by atoms with E-state index in [1.165, 1.54) is 13.3 Å². The molecule has 1 aromatic heterocycles. The lowest BCUT2D eigenvalue weighted by molar-refractivity contribution is 0.0322. The molecule has 206 valence electrons. The van der Waals surface area contributed by atoms with E-state index in [0.717, 1.165) is 11.8 Å². The number of alkyl halides is 1. The molecule has 1 saturated heterocycles. The number of piperidine rings is 1. The summed E-state index contributed by atoms with van der Waals surface area (Å²) in [5.74, 6) is -1.75. The number of aliphatic hydroxyl groups is 2. The Labute approximate surface area is 223 Å². The zero-order valence-corrected chi connectivity index (χ0v) is 22.0. The average molecular weight is 553 g/mol. The van der Waals surface area contributed by atoms with Gasteiger partial charge in [-0.3, -0.25) is 4.98 Å². The van der Waals surface area contributed by atoms with Crippen LogP contribution in [0.1, 0.15) is 43.0 Å². The highest BCUT2D eigenvalue weighted by atomic mass is 32.2. The van der Waals surface area contributed by atoms with Crippen molar-refractivity contribution in [3.8, 4) is 5.75 Å². The van der Waals surface area contributed by atoms with E-state index >= 15 is 4.39 Å². The second kappa shape index (κ2) is 12.6. The molecule has 38 heavy (non-hydrogen) atoms. The molecule has 2 heterocycles. The van der Waals surface area contributed by atoms with Gasteiger partial charge in [0, 0.05) is 53.7 Å². The summed E-state index contributed by atoms with van der Waals surface area (Å²) in [5.41, 5.74) is 1.02. The second-order valence-electron chi connectivity index (χ2n) is 9.79. The topological polar surface area (TPSA) is 65.8 Å². The highest BCUT2D eigenvalue weighted by Gasteiger charge is 2.35. The third kappa shape index (κ3) is 6.42. The van der Waals surface area contributed by atoms with Crippen molar-refractivity contribution in [1.29, 1.82) is 0 Å². The predicted octanol–water partition coefficient (Wildman–Crippen LogP) is 5.81. The Hall–Kier alpha value is -2.40. The van der Waals surface area contributed by atoms with Crippen molar-refractivity contribution in [2.24, 2.45) is 5.41 Å². The lowest BCUT2D eigenvalue weighted by atomic mass is 9.74. The fourth-order valence-corrected chi connectivity index (χ4v) is 6.06. The van der Waals surface area contributed by atoms with Gasteiger partial charge in [0.05, 0.1) is 24.1 Å². The third-order valence-corrected chi connectivity index (χ3v) is 8.55. The fourth-order valence-electron chi connectivity index (χ4n) is 5.12. The van der Waals surface area contributed by atoms with E-state index in [0.29, 0.717) is 84.6 Å². The standard InChI is InChI=1S/C28H32F4N2O3S/c1-37-20-2-3-25-21(14-20)26(18(16-35)15-33-25)22(30)4-5-28(17-36)6-8-34(9-7-28)10-11-38-27-23(31)12-19(29)13-24(27)32/h2-3,12-15,22,35-36H,4-11,16-17H2,1H3/t22-/m1/s1. The van der Waals surface area contributed by atoms with E-state index in [9.17, 15) is 23.4 Å². The van der Waals surface area contributed by atoms with Crippen LogP contribution in [0.5, 0.6) is 5.75 Å². The number of aromatic nitrogens is 1. The lowest BCUT2D eigenvalue weighted by Crippen LogP contribution is -2.43. The van der Waals surface area contributed by atoms with Gasteiger partial charge in [-0.1, -0.05) is 0 Å². The van der Waals surface area contributed by atoms with Gasteiger partial charge in [0.1, 0.15) is 29.4 Å². The number of ether oxygens (including phenoxy) is 1. The molecule has 10 heteroatoms. The average Bonchev–Trinajstić information content (AvgIpc) is 2.92. The largest absolute Gasteiger partial charge is 0.497 e. The van der Waals surface area contributed by atoms with Gasteiger partial charge < -0.3 is 19.8 Å². The number of thioether (sulfide) groups is 1. The Balaban J connectivity index is 1.35. The Morgan fingerprint density at radius 1 is 1.11 bits per heavy atom. The Bertz CT molecular complexity index is 1230. The molecule has 0 amide bonds. The number of nitrogens with zero attached hydrogens (tertiary/aromatic N) is 2. The Morgan fingerprint density at radius 2 is 1.82 bits per heavy atom. The molecule has 2 N–H and O–H groups in total. The van der Waals surface area contributed by atoms with Gasteiger partial charge in [-0.25, -0.2) is 17.6 Å². The first-order chi connectivity index (χ1) is 18.3. The maximum atomic E-state index is 15.7. The van der Waals surface area contributed by atoms with Crippen molar-refractivity contribution < 1.29 is 32.5 Å². The number of aliphatic hydroxyl groups excluding tert-OH is 2. The van der Waals surface area contributed by atoms with Crippen LogP contribution >= 0.6 is 11.8 Å². The maximum Gasteiger partial charge on any atom is 0.142 e. The highest BCUT2D eigenvalue weighted by molar-refractivity contribution is 7.99. The number of rotatable bonds is 11. The minimum Gasteiger partial charge on any atom is -0.497 e. The summed E-state index contributed by atoms with van der Waals surface area (Å²) in [7, 11) is 1.53. The van der Waals surface area contributed by atoms with E-state index in [4.69, 9.17) is 4.74 Å². The first kappa shape index (κ1) is 28.6. The highest BCUT2D eigenvalue weighted by Crippen LogP contribution is 2.41. The zero-order chi connectivity index (χ0) is 27.3. The smallest absolute Gasteiger partial charge is 0.142 e. The van der Waals surface area contributed by atoms with Gasteiger partial charge in [-0.2, -0.15) is 0 Å². The molecule has 0 radical (unpaired) electrons. The van der Waals surface area contributed by atoms with Crippen LogP contribution in [0, 0.1) is 22.9 Å². The summed E-state index contributed by atoms with van der Waals surface area (Å²) in [6.45, 7) is 1.53. The number of halogens is 4. The molecule has 5 nitrogen and oxygen atoms in total.